The number of hydrazine groups is 2. The van der Waals surface area contributed by atoms with Crippen molar-refractivity contribution in [3.63, 3.8) is 0 Å². The lowest BCUT2D eigenvalue weighted by molar-refractivity contribution is 0.343. The van der Waals surface area contributed by atoms with Crippen molar-refractivity contribution in [3.05, 3.63) is 69.6 Å². The smallest absolute Gasteiger partial charge is 0.144 e. The Kier molecular flexibility index (Phi) is 6.18. The summed E-state index contributed by atoms with van der Waals surface area (Å²) in [5.41, 5.74) is 18.9. The van der Waals surface area contributed by atoms with E-state index in [1.165, 1.54) is 12.6 Å². The van der Waals surface area contributed by atoms with Crippen LogP contribution in [-0.4, -0.2) is 17.6 Å². The number of nitrogens with one attached hydrogen (secondary N) is 3. The molecule has 5 N–H and O–H groups in total. The second-order valence-electron chi connectivity index (χ2n) is 7.97. The molecule has 0 bridgehead atoms. The Morgan fingerprint density at radius 2 is 1.97 bits per heavy atom. The highest BCUT2D eigenvalue weighted by atomic mass is 15.5. The molecule has 4 rings (SSSR count). The van der Waals surface area contributed by atoms with Crippen LogP contribution in [0.1, 0.15) is 48.8 Å². The Morgan fingerprint density at radius 3 is 2.68 bits per heavy atom. The Labute approximate surface area is 181 Å². The highest BCUT2D eigenvalue weighted by molar-refractivity contribution is 6.04. The Morgan fingerprint density at radius 1 is 1.19 bits per heavy atom. The van der Waals surface area contributed by atoms with Crippen LogP contribution in [0.2, 0.25) is 0 Å². The molecule has 2 aromatic rings. The zero-order chi connectivity index (χ0) is 21.7. The van der Waals surface area contributed by atoms with E-state index in [1.54, 1.807) is 5.01 Å². The summed E-state index contributed by atoms with van der Waals surface area (Å²) in [5.74, 6) is 7.54. The van der Waals surface area contributed by atoms with Gasteiger partial charge in [0.05, 0.1) is 17.9 Å². The van der Waals surface area contributed by atoms with Crippen LogP contribution in [0.15, 0.2) is 52.6 Å². The largest absolute Gasteiger partial charge is 0.308 e. The average Bonchev–Trinajstić information content (AvgIpc) is 2.81. The van der Waals surface area contributed by atoms with Gasteiger partial charge in [0.15, 0.2) is 0 Å². The van der Waals surface area contributed by atoms with Crippen LogP contribution in [0, 0.1) is 5.41 Å². The second kappa shape index (κ2) is 9.18. The van der Waals surface area contributed by atoms with Crippen molar-refractivity contribution >= 4 is 23.4 Å². The van der Waals surface area contributed by atoms with E-state index < -0.39 is 5.54 Å². The molecule has 2 aromatic carbocycles. The minimum Gasteiger partial charge on any atom is -0.308 e. The molecular formula is C22H27N9. The van der Waals surface area contributed by atoms with Crippen LogP contribution in [0.25, 0.3) is 10.4 Å². The first-order valence-electron chi connectivity index (χ1n) is 10.5. The number of benzene rings is 2. The summed E-state index contributed by atoms with van der Waals surface area (Å²) in [4.78, 5) is 7.81. The normalized spacial score (nSPS) is 16.8. The van der Waals surface area contributed by atoms with Crippen molar-refractivity contribution in [2.45, 2.75) is 50.7 Å². The van der Waals surface area contributed by atoms with Gasteiger partial charge in [0.25, 0.3) is 0 Å². The summed E-state index contributed by atoms with van der Waals surface area (Å²) in [6, 6.07) is 13.9. The summed E-state index contributed by atoms with van der Waals surface area (Å²) in [7, 11) is 0. The third-order valence-corrected chi connectivity index (χ3v) is 6.05. The van der Waals surface area contributed by atoms with Crippen molar-refractivity contribution < 1.29 is 0 Å². The van der Waals surface area contributed by atoms with Crippen molar-refractivity contribution in [1.82, 2.24) is 10.9 Å². The Balaban J connectivity index is 1.70. The van der Waals surface area contributed by atoms with Crippen LogP contribution < -0.4 is 21.7 Å². The van der Waals surface area contributed by atoms with Crippen LogP contribution in [0.5, 0.6) is 0 Å². The number of nitrogens with two attached hydrogens (primary N) is 1. The van der Waals surface area contributed by atoms with E-state index in [2.05, 4.69) is 33.0 Å². The molecule has 9 nitrogen and oxygen atoms in total. The van der Waals surface area contributed by atoms with Crippen molar-refractivity contribution in [3.8, 4) is 0 Å². The topological polar surface area (TPSA) is 138 Å². The summed E-state index contributed by atoms with van der Waals surface area (Å²) in [5, 5.41) is 13.4. The molecule has 1 fully saturated rings. The van der Waals surface area contributed by atoms with E-state index in [0.29, 0.717) is 17.8 Å². The maximum absolute atomic E-state index is 8.67. The maximum Gasteiger partial charge on any atom is 0.144 e. The average molecular weight is 418 g/mol. The number of fused-ring (bicyclic) bond motifs is 1. The summed E-state index contributed by atoms with van der Waals surface area (Å²) in [6.45, 7) is 0.848. The molecule has 1 heterocycles. The second-order valence-corrected chi connectivity index (χ2v) is 7.97. The summed E-state index contributed by atoms with van der Waals surface area (Å²) >= 11 is 0. The molecule has 0 unspecified atom stereocenters. The number of anilines is 1. The molecule has 0 atom stereocenters. The van der Waals surface area contributed by atoms with E-state index in [1.807, 2.05) is 30.3 Å². The quantitative estimate of drug-likeness (QED) is 0.140. The van der Waals surface area contributed by atoms with Gasteiger partial charge in [-0.25, -0.2) is 16.3 Å². The number of azide groups is 1. The third kappa shape index (κ3) is 4.11. The minimum absolute atomic E-state index is 0.199. The van der Waals surface area contributed by atoms with Crippen molar-refractivity contribution in [2.24, 2.45) is 15.9 Å². The lowest BCUT2D eigenvalue weighted by atomic mass is 9.78. The first-order valence-corrected chi connectivity index (χ1v) is 10.5. The molecule has 1 aliphatic heterocycles. The van der Waals surface area contributed by atoms with Gasteiger partial charge in [0.1, 0.15) is 11.4 Å². The molecule has 160 valence electrons. The molecule has 0 amide bonds. The molecule has 1 saturated carbocycles. The molecule has 0 aromatic heterocycles. The highest BCUT2D eigenvalue weighted by Gasteiger charge is 2.46. The predicted molar refractivity (Wildman–Crippen MR) is 123 cm³/mol. The fraction of sp³-hybridized carbons (Fsp3) is 0.364. The minimum atomic E-state index is -0.445. The monoisotopic (exact) mass is 417 g/mol. The highest BCUT2D eigenvalue weighted by Crippen LogP contribution is 2.45. The van der Waals surface area contributed by atoms with E-state index in [4.69, 9.17) is 21.8 Å². The number of hydrogen-bond donors (Lipinski definition) is 4. The van der Waals surface area contributed by atoms with E-state index in [-0.39, 0.29) is 6.54 Å². The first kappa shape index (κ1) is 20.9. The van der Waals surface area contributed by atoms with Gasteiger partial charge in [-0.3, -0.25) is 5.01 Å². The first-order chi connectivity index (χ1) is 15.2. The number of nitrogens with zero attached hydrogens (tertiary/aromatic N) is 5. The zero-order valence-electron chi connectivity index (χ0n) is 17.4. The van der Waals surface area contributed by atoms with Crippen molar-refractivity contribution in [2.75, 3.05) is 5.01 Å². The molecule has 1 aliphatic carbocycles. The van der Waals surface area contributed by atoms with E-state index in [0.717, 1.165) is 48.3 Å². The molecule has 9 heteroatoms. The zero-order valence-corrected chi connectivity index (χ0v) is 17.4. The summed E-state index contributed by atoms with van der Waals surface area (Å²) < 4.78 is 0. The molecule has 0 saturated heterocycles. The van der Waals surface area contributed by atoms with Gasteiger partial charge in [-0.1, -0.05) is 54.7 Å². The van der Waals surface area contributed by atoms with Gasteiger partial charge in [-0.15, -0.1) is 0 Å². The third-order valence-electron chi connectivity index (χ3n) is 6.05. The molecule has 31 heavy (non-hydrogen) atoms. The molecule has 2 aliphatic rings. The maximum atomic E-state index is 8.67. The van der Waals surface area contributed by atoms with Crippen LogP contribution >= 0.6 is 0 Å². The molecule has 1 spiro atoms. The number of aliphatic imine (C=N–C) groups is 1. The Hall–Kier alpha value is -3.39. The number of hydrogen-bond acceptors (Lipinski definition) is 7. The fourth-order valence-corrected chi connectivity index (χ4v) is 4.50. The molecule has 0 radical (unpaired) electrons. The van der Waals surface area contributed by atoms with Gasteiger partial charge in [-0.05, 0) is 41.6 Å². The fourth-order valence-electron chi connectivity index (χ4n) is 4.50. The lowest BCUT2D eigenvalue weighted by Gasteiger charge is -2.48. The van der Waals surface area contributed by atoms with E-state index >= 15 is 0 Å². The van der Waals surface area contributed by atoms with Crippen LogP contribution in [0.4, 0.5) is 11.4 Å². The summed E-state index contributed by atoms with van der Waals surface area (Å²) in [6.07, 6.45) is 6.38. The van der Waals surface area contributed by atoms with Crippen LogP contribution in [-0.2, 0) is 13.1 Å². The standard InChI is InChI=1S/C22H27N9/c23-13-18-11-17(15-27-30-24)12-19-20(18)31(25)22(9-5-2-6-10-22)21(28-19)29-26-14-16-7-3-1-4-8-16/h1,3-4,7-8,11-13,23,26H,2,5-6,9-10,14-15,25H2,(H,28,29). The van der Waals surface area contributed by atoms with Gasteiger partial charge in [0.2, 0.25) is 0 Å². The van der Waals surface area contributed by atoms with Crippen LogP contribution in [0.3, 0.4) is 0 Å². The van der Waals surface area contributed by atoms with Gasteiger partial charge in [-0.2, -0.15) is 0 Å². The SMILES string of the molecule is [N-]=[N+]=NCc1cc(C=N)c2c(c1)N=C(NNCc1ccccc1)C1(CCCCC1)N2N. The lowest BCUT2D eigenvalue weighted by Crippen LogP contribution is -2.66. The van der Waals surface area contributed by atoms with Crippen molar-refractivity contribution in [1.29, 1.82) is 5.41 Å². The Bertz CT molecular complexity index is 1020. The predicted octanol–water partition coefficient (Wildman–Crippen LogP) is 4.22. The van der Waals surface area contributed by atoms with Gasteiger partial charge >= 0.3 is 0 Å². The number of amidine groups is 1. The van der Waals surface area contributed by atoms with Gasteiger partial charge < -0.3 is 10.8 Å². The van der Waals surface area contributed by atoms with E-state index in [9.17, 15) is 0 Å². The van der Waals surface area contributed by atoms with Gasteiger partial charge in [0, 0.05) is 23.2 Å². The molecular weight excluding hydrogens is 390 g/mol. The number of rotatable bonds is 6.